The Morgan fingerprint density at radius 3 is 2.83 bits per heavy atom. The third-order valence-corrected chi connectivity index (χ3v) is 2.10. The van der Waals surface area contributed by atoms with Gasteiger partial charge in [0.1, 0.15) is 4.70 Å². The normalized spacial score (nSPS) is 9.67. The van der Waals surface area contributed by atoms with Gasteiger partial charge in [-0.3, -0.25) is 14.6 Å². The lowest BCUT2D eigenvalue weighted by molar-refractivity contribution is 0.824. The van der Waals surface area contributed by atoms with Gasteiger partial charge >= 0.3 is 4.87 Å². The maximum absolute atomic E-state index is 10.9. The number of thiazole rings is 1. The van der Waals surface area contributed by atoms with Gasteiger partial charge in [0.05, 0.1) is 6.33 Å². The van der Waals surface area contributed by atoms with Crippen LogP contribution >= 0.6 is 11.3 Å². The van der Waals surface area contributed by atoms with Crippen LogP contribution in [0, 0.1) is 0 Å². The second-order valence-electron chi connectivity index (χ2n) is 1.92. The number of H-pyrrole nitrogens is 2. The van der Waals surface area contributed by atoms with Crippen LogP contribution in [0.1, 0.15) is 0 Å². The molecule has 0 amide bonds. The van der Waals surface area contributed by atoms with E-state index in [-0.39, 0.29) is 15.9 Å². The fourth-order valence-electron chi connectivity index (χ4n) is 0.786. The van der Waals surface area contributed by atoms with Crippen molar-refractivity contribution in [2.75, 3.05) is 0 Å². The number of rotatable bonds is 0. The summed E-state index contributed by atoms with van der Waals surface area (Å²) in [6.07, 6.45) is 1.26. The molecule has 0 saturated carbocycles. The average molecular weight is 187 g/mol. The van der Waals surface area contributed by atoms with Crippen molar-refractivity contribution in [1.29, 1.82) is 0 Å². The highest BCUT2D eigenvalue weighted by atomic mass is 32.1. The molecule has 0 saturated heterocycles. The second kappa shape index (κ2) is 2.88. The van der Waals surface area contributed by atoms with Gasteiger partial charge in [0.15, 0.2) is 5.65 Å². The van der Waals surface area contributed by atoms with Gasteiger partial charge in [-0.15, -0.1) is 0 Å². The number of aromatic nitrogens is 3. The van der Waals surface area contributed by atoms with Crippen molar-refractivity contribution in [2.24, 2.45) is 0 Å². The molecule has 2 aromatic rings. The molecule has 64 valence electrons. The molecule has 0 fully saturated rings. The van der Waals surface area contributed by atoms with E-state index in [0.717, 1.165) is 11.3 Å². The monoisotopic (exact) mass is 187 g/mol. The number of nitrogens with one attached hydrogen (secondary N) is 2. The molecular weight excluding hydrogens is 182 g/mol. The Morgan fingerprint density at radius 1 is 1.42 bits per heavy atom. The first kappa shape index (κ1) is 8.62. The van der Waals surface area contributed by atoms with Gasteiger partial charge in [0.2, 0.25) is 0 Å². The van der Waals surface area contributed by atoms with E-state index in [1.54, 1.807) is 0 Å². The zero-order valence-corrected chi connectivity index (χ0v) is 6.57. The number of fused-ring (bicyclic) bond motifs is 1. The summed E-state index contributed by atoms with van der Waals surface area (Å²) in [6.45, 7) is 0. The van der Waals surface area contributed by atoms with Crippen LogP contribution in [0.3, 0.4) is 0 Å². The summed E-state index contributed by atoms with van der Waals surface area (Å²) in [5, 5.41) is 0. The van der Waals surface area contributed by atoms with E-state index < -0.39 is 0 Å². The molecule has 0 atom stereocenters. The van der Waals surface area contributed by atoms with Crippen LogP contribution in [-0.2, 0) is 0 Å². The molecule has 12 heavy (non-hydrogen) atoms. The molecule has 0 spiro atoms. The molecule has 0 aromatic carbocycles. The molecule has 0 aliphatic carbocycles. The molecule has 6 nitrogen and oxygen atoms in total. The van der Waals surface area contributed by atoms with Crippen LogP contribution in [0.2, 0.25) is 0 Å². The first-order valence-corrected chi connectivity index (χ1v) is 3.65. The van der Waals surface area contributed by atoms with Crippen molar-refractivity contribution in [2.45, 2.75) is 0 Å². The lowest BCUT2D eigenvalue weighted by Crippen LogP contribution is -2.03. The highest BCUT2D eigenvalue weighted by Crippen LogP contribution is 2.02. The Labute approximate surface area is 69.2 Å². The third kappa shape index (κ3) is 1.15. The Balaban J connectivity index is 0.000000720. The van der Waals surface area contributed by atoms with Crippen LogP contribution in [0.4, 0.5) is 0 Å². The molecule has 2 heterocycles. The quantitative estimate of drug-likeness (QED) is 0.543. The van der Waals surface area contributed by atoms with Crippen molar-refractivity contribution in [3.05, 3.63) is 26.3 Å². The standard InChI is InChI=1S/C5H3N3O2S.H2O/c9-4-2-3(6-1-7-4)8-5(10)11-2;/h1H,(H2,6,7,8,9,10);1H2. The molecule has 4 N–H and O–H groups in total. The summed E-state index contributed by atoms with van der Waals surface area (Å²) >= 11 is 0.861. The van der Waals surface area contributed by atoms with Crippen LogP contribution in [0.25, 0.3) is 10.3 Å². The van der Waals surface area contributed by atoms with Crippen LogP contribution in [-0.4, -0.2) is 20.4 Å². The van der Waals surface area contributed by atoms with E-state index in [1.807, 2.05) is 0 Å². The molecule has 0 aliphatic rings. The predicted octanol–water partition coefficient (Wildman–Crippen LogP) is -1.15. The van der Waals surface area contributed by atoms with Gasteiger partial charge in [-0.25, -0.2) is 4.98 Å². The summed E-state index contributed by atoms with van der Waals surface area (Å²) in [5.41, 5.74) is 0.0714. The smallest absolute Gasteiger partial charge is 0.306 e. The van der Waals surface area contributed by atoms with E-state index in [4.69, 9.17) is 0 Å². The van der Waals surface area contributed by atoms with Crippen LogP contribution < -0.4 is 10.4 Å². The fraction of sp³-hybridized carbons (Fsp3) is 0. The molecule has 0 aliphatic heterocycles. The van der Waals surface area contributed by atoms with Gasteiger partial charge in [0, 0.05) is 0 Å². The number of hydrogen-bond acceptors (Lipinski definition) is 4. The Bertz CT molecular complexity index is 496. The molecule has 0 unspecified atom stereocenters. The number of aromatic amines is 2. The molecule has 0 radical (unpaired) electrons. The summed E-state index contributed by atoms with van der Waals surface area (Å²) in [4.78, 5) is 30.0. The predicted molar refractivity (Wildman–Crippen MR) is 44.5 cm³/mol. The lowest BCUT2D eigenvalue weighted by atomic mass is 10.6. The first-order valence-electron chi connectivity index (χ1n) is 2.84. The first-order chi connectivity index (χ1) is 5.27. The van der Waals surface area contributed by atoms with Gasteiger partial charge in [-0.2, -0.15) is 0 Å². The largest absolute Gasteiger partial charge is 0.412 e. The SMILES string of the molecule is O.O=c1[nH]c2nc[nH]c(=O)c2s1. The summed E-state index contributed by atoms with van der Waals surface area (Å²) < 4.78 is 0.345. The van der Waals surface area contributed by atoms with Gasteiger partial charge in [-0.05, 0) is 0 Å². The molecular formula is C5H5N3O3S. The topological polar surface area (TPSA) is 110 Å². The Hall–Kier alpha value is -1.47. The highest BCUT2D eigenvalue weighted by molar-refractivity contribution is 7.16. The van der Waals surface area contributed by atoms with E-state index in [2.05, 4.69) is 15.0 Å². The molecule has 2 rings (SSSR count). The highest BCUT2D eigenvalue weighted by Gasteiger charge is 2.01. The zero-order valence-electron chi connectivity index (χ0n) is 5.75. The van der Waals surface area contributed by atoms with E-state index >= 15 is 0 Å². The van der Waals surface area contributed by atoms with E-state index in [1.165, 1.54) is 6.33 Å². The van der Waals surface area contributed by atoms with Crippen LogP contribution in [0.5, 0.6) is 0 Å². The minimum absolute atomic E-state index is 0. The fourth-order valence-corrected chi connectivity index (χ4v) is 1.47. The average Bonchev–Trinajstić information content (AvgIpc) is 2.31. The zero-order chi connectivity index (χ0) is 7.84. The number of hydrogen-bond donors (Lipinski definition) is 2. The summed E-state index contributed by atoms with van der Waals surface area (Å²) in [6, 6.07) is 0. The Kier molecular flexibility index (Phi) is 2.07. The minimum Gasteiger partial charge on any atom is -0.412 e. The van der Waals surface area contributed by atoms with Crippen LogP contribution in [0.15, 0.2) is 15.9 Å². The van der Waals surface area contributed by atoms with E-state index in [0.29, 0.717) is 10.3 Å². The molecule has 7 heteroatoms. The summed E-state index contributed by atoms with van der Waals surface area (Å²) in [5.74, 6) is 0. The van der Waals surface area contributed by atoms with Gasteiger partial charge < -0.3 is 10.5 Å². The summed E-state index contributed by atoms with van der Waals surface area (Å²) in [7, 11) is 0. The maximum atomic E-state index is 10.9. The van der Waals surface area contributed by atoms with Gasteiger partial charge in [0.25, 0.3) is 5.56 Å². The van der Waals surface area contributed by atoms with E-state index in [9.17, 15) is 9.59 Å². The molecule has 0 bridgehead atoms. The van der Waals surface area contributed by atoms with Crippen molar-refractivity contribution in [3.8, 4) is 0 Å². The minimum atomic E-state index is -0.279. The lowest BCUT2D eigenvalue weighted by Gasteiger charge is -1.81. The van der Waals surface area contributed by atoms with Crippen molar-refractivity contribution in [3.63, 3.8) is 0 Å². The van der Waals surface area contributed by atoms with Gasteiger partial charge in [-0.1, -0.05) is 11.3 Å². The van der Waals surface area contributed by atoms with Crippen molar-refractivity contribution in [1.82, 2.24) is 15.0 Å². The number of nitrogens with zero attached hydrogens (tertiary/aromatic N) is 1. The van der Waals surface area contributed by atoms with Crippen molar-refractivity contribution < 1.29 is 5.48 Å². The molecule has 2 aromatic heterocycles. The van der Waals surface area contributed by atoms with Crippen molar-refractivity contribution >= 4 is 21.7 Å². The second-order valence-corrected chi connectivity index (χ2v) is 2.91. The maximum Gasteiger partial charge on any atom is 0.306 e. The Morgan fingerprint density at radius 2 is 2.17 bits per heavy atom. The third-order valence-electron chi connectivity index (χ3n) is 1.23.